The Morgan fingerprint density at radius 1 is 1.15 bits per heavy atom. The fourth-order valence-corrected chi connectivity index (χ4v) is 2.67. The Kier molecular flexibility index (Phi) is 5.46. The van der Waals surface area contributed by atoms with Gasteiger partial charge in [0.15, 0.2) is 0 Å². The molecular formula is C15H12BrCl2NO. The molecule has 2 rings (SSSR count). The van der Waals surface area contributed by atoms with Crippen molar-refractivity contribution in [3.8, 4) is 0 Å². The first kappa shape index (κ1) is 15.4. The molecule has 5 heteroatoms. The molecule has 0 aliphatic carbocycles. The zero-order valence-electron chi connectivity index (χ0n) is 10.5. The summed E-state index contributed by atoms with van der Waals surface area (Å²) in [6.45, 7) is 0.490. The van der Waals surface area contributed by atoms with E-state index in [1.165, 1.54) is 0 Å². The molecule has 0 radical (unpaired) electrons. The summed E-state index contributed by atoms with van der Waals surface area (Å²) in [7, 11) is 0. The zero-order chi connectivity index (χ0) is 14.5. The highest BCUT2D eigenvalue weighted by Gasteiger charge is 2.07. The number of carbonyl (C=O) groups is 1. The average molecular weight is 373 g/mol. The third-order valence-corrected chi connectivity index (χ3v) is 3.83. The second-order valence-electron chi connectivity index (χ2n) is 4.32. The minimum Gasteiger partial charge on any atom is -0.352 e. The predicted molar refractivity (Wildman–Crippen MR) is 86.2 cm³/mol. The topological polar surface area (TPSA) is 29.1 Å². The summed E-state index contributed by atoms with van der Waals surface area (Å²) in [6, 6.07) is 12.9. The van der Waals surface area contributed by atoms with Crippen molar-refractivity contribution in [3.05, 3.63) is 68.1 Å². The summed E-state index contributed by atoms with van der Waals surface area (Å²) in [6.07, 6.45) is 0.240. The van der Waals surface area contributed by atoms with Crippen LogP contribution in [0.5, 0.6) is 0 Å². The van der Waals surface area contributed by atoms with Crippen molar-refractivity contribution in [2.24, 2.45) is 0 Å². The molecule has 0 unspecified atom stereocenters. The molecule has 0 spiro atoms. The number of hydrogen-bond donors (Lipinski definition) is 1. The molecule has 2 nitrogen and oxygen atoms in total. The van der Waals surface area contributed by atoms with Crippen LogP contribution in [0.1, 0.15) is 11.1 Å². The van der Waals surface area contributed by atoms with Gasteiger partial charge in [0.1, 0.15) is 0 Å². The highest BCUT2D eigenvalue weighted by atomic mass is 79.9. The maximum atomic E-state index is 11.9. The first-order valence-corrected chi connectivity index (χ1v) is 7.54. The van der Waals surface area contributed by atoms with Gasteiger partial charge in [-0.2, -0.15) is 0 Å². The van der Waals surface area contributed by atoms with Gasteiger partial charge in [-0.1, -0.05) is 57.3 Å². The summed E-state index contributed by atoms with van der Waals surface area (Å²) >= 11 is 15.3. The van der Waals surface area contributed by atoms with Gasteiger partial charge in [0, 0.05) is 21.1 Å². The molecule has 0 atom stereocenters. The number of hydrogen-bond acceptors (Lipinski definition) is 1. The van der Waals surface area contributed by atoms with Gasteiger partial charge in [-0.3, -0.25) is 4.79 Å². The van der Waals surface area contributed by atoms with Crippen molar-refractivity contribution in [3.63, 3.8) is 0 Å². The lowest BCUT2D eigenvalue weighted by molar-refractivity contribution is -0.120. The largest absolute Gasteiger partial charge is 0.352 e. The fraction of sp³-hybridized carbons (Fsp3) is 0.133. The van der Waals surface area contributed by atoms with E-state index in [1.807, 2.05) is 24.3 Å². The summed E-state index contributed by atoms with van der Waals surface area (Å²) in [4.78, 5) is 11.9. The van der Waals surface area contributed by atoms with Crippen molar-refractivity contribution < 1.29 is 4.79 Å². The van der Waals surface area contributed by atoms with E-state index >= 15 is 0 Å². The summed E-state index contributed by atoms with van der Waals surface area (Å²) in [5.41, 5.74) is 1.80. The van der Waals surface area contributed by atoms with E-state index in [2.05, 4.69) is 21.2 Å². The number of rotatable bonds is 4. The van der Waals surface area contributed by atoms with Crippen LogP contribution in [0.15, 0.2) is 46.9 Å². The van der Waals surface area contributed by atoms with Gasteiger partial charge in [0.2, 0.25) is 5.91 Å². The molecule has 0 aliphatic rings. The summed E-state index contributed by atoms with van der Waals surface area (Å²) in [5, 5.41) is 3.94. The standard InChI is InChI=1S/C15H12BrCl2NO/c16-12-3-1-2-10(6-12)9-19-15(20)7-11-4-5-13(17)8-14(11)18/h1-6,8H,7,9H2,(H,19,20). The number of benzene rings is 2. The number of halogens is 3. The molecule has 0 aliphatic heterocycles. The monoisotopic (exact) mass is 371 g/mol. The SMILES string of the molecule is O=C(Cc1ccc(Cl)cc1Cl)NCc1cccc(Br)c1. The van der Waals surface area contributed by atoms with Crippen LogP contribution in [-0.4, -0.2) is 5.91 Å². The first-order valence-electron chi connectivity index (χ1n) is 5.99. The third-order valence-electron chi connectivity index (χ3n) is 2.74. The van der Waals surface area contributed by atoms with E-state index in [1.54, 1.807) is 18.2 Å². The Labute approximate surface area is 136 Å². The van der Waals surface area contributed by atoms with Crippen LogP contribution in [-0.2, 0) is 17.8 Å². The molecule has 0 saturated carbocycles. The molecule has 1 N–H and O–H groups in total. The molecule has 2 aromatic rings. The predicted octanol–water partition coefficient (Wildman–Crippen LogP) is 4.61. The Morgan fingerprint density at radius 2 is 1.95 bits per heavy atom. The molecule has 0 heterocycles. The van der Waals surface area contributed by atoms with Crippen LogP contribution in [0.25, 0.3) is 0 Å². The van der Waals surface area contributed by atoms with Crippen molar-refractivity contribution >= 4 is 45.0 Å². The normalized spacial score (nSPS) is 10.3. The number of carbonyl (C=O) groups excluding carboxylic acids is 1. The zero-order valence-corrected chi connectivity index (χ0v) is 13.6. The lowest BCUT2D eigenvalue weighted by atomic mass is 10.1. The molecule has 0 saturated heterocycles. The van der Waals surface area contributed by atoms with E-state index in [0.717, 1.165) is 15.6 Å². The van der Waals surface area contributed by atoms with Gasteiger partial charge in [-0.25, -0.2) is 0 Å². The average Bonchev–Trinajstić information content (AvgIpc) is 2.40. The van der Waals surface area contributed by atoms with E-state index in [4.69, 9.17) is 23.2 Å². The van der Waals surface area contributed by atoms with Gasteiger partial charge in [0.25, 0.3) is 0 Å². The maximum absolute atomic E-state index is 11.9. The minimum absolute atomic E-state index is 0.0748. The van der Waals surface area contributed by atoms with Crippen LogP contribution in [0, 0.1) is 0 Å². The second-order valence-corrected chi connectivity index (χ2v) is 6.08. The molecule has 1 amide bonds. The summed E-state index contributed by atoms with van der Waals surface area (Å²) in [5.74, 6) is -0.0748. The van der Waals surface area contributed by atoms with Crippen LogP contribution in [0.2, 0.25) is 10.0 Å². The number of nitrogens with one attached hydrogen (secondary N) is 1. The fourth-order valence-electron chi connectivity index (χ4n) is 1.75. The van der Waals surface area contributed by atoms with Crippen molar-refractivity contribution in [1.29, 1.82) is 0 Å². The van der Waals surface area contributed by atoms with Crippen molar-refractivity contribution in [2.45, 2.75) is 13.0 Å². The Hall–Kier alpha value is -1.03. The van der Waals surface area contributed by atoms with Crippen LogP contribution in [0.3, 0.4) is 0 Å². The van der Waals surface area contributed by atoms with Gasteiger partial charge < -0.3 is 5.32 Å². The molecule has 104 valence electrons. The first-order chi connectivity index (χ1) is 9.54. The van der Waals surface area contributed by atoms with E-state index in [9.17, 15) is 4.79 Å². The molecule has 20 heavy (non-hydrogen) atoms. The van der Waals surface area contributed by atoms with Crippen LogP contribution >= 0.6 is 39.1 Å². The van der Waals surface area contributed by atoms with E-state index < -0.39 is 0 Å². The highest BCUT2D eigenvalue weighted by Crippen LogP contribution is 2.21. The molecule has 2 aromatic carbocycles. The molecule has 0 aromatic heterocycles. The van der Waals surface area contributed by atoms with Gasteiger partial charge in [-0.15, -0.1) is 0 Å². The third kappa shape index (κ3) is 4.51. The van der Waals surface area contributed by atoms with Gasteiger partial charge >= 0.3 is 0 Å². The quantitative estimate of drug-likeness (QED) is 0.833. The smallest absolute Gasteiger partial charge is 0.224 e. The highest BCUT2D eigenvalue weighted by molar-refractivity contribution is 9.10. The lowest BCUT2D eigenvalue weighted by Gasteiger charge is -2.07. The summed E-state index contributed by atoms with van der Waals surface area (Å²) < 4.78 is 0.991. The molecular weight excluding hydrogens is 361 g/mol. The van der Waals surface area contributed by atoms with Gasteiger partial charge in [0.05, 0.1) is 6.42 Å². The van der Waals surface area contributed by atoms with Gasteiger partial charge in [-0.05, 0) is 35.4 Å². The maximum Gasteiger partial charge on any atom is 0.224 e. The van der Waals surface area contributed by atoms with Crippen molar-refractivity contribution in [1.82, 2.24) is 5.32 Å². The minimum atomic E-state index is -0.0748. The lowest BCUT2D eigenvalue weighted by Crippen LogP contribution is -2.24. The number of amides is 1. The Bertz CT molecular complexity index is 631. The van der Waals surface area contributed by atoms with Crippen LogP contribution in [0.4, 0.5) is 0 Å². The van der Waals surface area contributed by atoms with Crippen molar-refractivity contribution in [2.75, 3.05) is 0 Å². The molecule has 0 fully saturated rings. The Balaban J connectivity index is 1.92. The second kappa shape index (κ2) is 7.11. The Morgan fingerprint density at radius 3 is 2.65 bits per heavy atom. The van der Waals surface area contributed by atoms with E-state index in [0.29, 0.717) is 16.6 Å². The molecule has 0 bridgehead atoms. The van der Waals surface area contributed by atoms with Crippen LogP contribution < -0.4 is 5.32 Å². The van der Waals surface area contributed by atoms with E-state index in [-0.39, 0.29) is 12.3 Å².